The maximum Gasteiger partial charge on any atom is 0.252 e. The van der Waals surface area contributed by atoms with E-state index in [0.717, 1.165) is 45.3 Å². The van der Waals surface area contributed by atoms with Crippen LogP contribution >= 0.6 is 0 Å². The summed E-state index contributed by atoms with van der Waals surface area (Å²) in [6, 6.07) is 122. The average Bonchev–Trinajstić information content (AvgIpc) is 1.51. The lowest BCUT2D eigenvalue weighted by Gasteiger charge is -2.55. The van der Waals surface area contributed by atoms with Crippen LogP contribution in [0.25, 0.3) is 122 Å². The Hall–Kier alpha value is -12.4. The van der Waals surface area contributed by atoms with Crippen LogP contribution in [0.4, 0.5) is 34.1 Å². The minimum atomic E-state index is -0.468. The van der Waals surface area contributed by atoms with Crippen molar-refractivity contribution in [1.29, 1.82) is 0 Å². The zero-order chi connectivity index (χ0) is 93.8. The quantitative estimate of drug-likeness (QED) is 0.160. The standard InChI is InChI=1S/C128H131BN4/c1-118(2,3)84-46-34-78(35-47-84)97-30-28-32-99-80-38-50-86(51-39-80)127(123(16,17)18,124(19,20)21)90-56-68-109-103(72-90)101-70-88(120(7,8)9)54-66-107(101)132(109)95-62-64-105-111(76-95)130(93-58-42-82(43-59-93)115(97)99)113-74-92(122(13,14)15)75-114-117(113)129(105)106-65-63-96-77-112(106)131(114)94-60-44-83(45-61-94)116-98(79-36-48-85(49-37-79)119(4,5)6)31-29-33-100(116)81-40-52-87(53-41-81)128(125(22,23)24,126(25,26)27)91-57-69-110-104(73-91)102-71-89(121(10,11)12)55-67-108(102)133(96)110/h28-77H,1-27H3. The van der Waals surface area contributed by atoms with E-state index in [1.807, 2.05) is 0 Å². The van der Waals surface area contributed by atoms with E-state index in [0.29, 0.717) is 0 Å². The number of nitrogens with zero attached hydrogens (tertiary/aromatic N) is 4. The summed E-state index contributed by atoms with van der Waals surface area (Å²) < 4.78 is 5.21. The molecule has 15 aromatic carbocycles. The summed E-state index contributed by atoms with van der Waals surface area (Å²) in [6.07, 6.45) is 0. The molecular weight excluding hydrogens is 1600 g/mol. The second kappa shape index (κ2) is 29.5. The van der Waals surface area contributed by atoms with Crippen LogP contribution in [0.1, 0.15) is 237 Å². The van der Waals surface area contributed by atoms with Gasteiger partial charge >= 0.3 is 0 Å². The number of anilines is 6. The van der Waals surface area contributed by atoms with Crippen molar-refractivity contribution in [2.24, 2.45) is 21.7 Å². The Balaban J connectivity index is 0.880. The first-order chi connectivity index (χ1) is 62.6. The lowest BCUT2D eigenvalue weighted by Crippen LogP contribution is -2.61. The molecule has 30 rings (SSSR count). The minimum Gasteiger partial charge on any atom is -0.311 e. The van der Waals surface area contributed by atoms with E-state index >= 15 is 0 Å². The SMILES string of the molecule is CC(C)(C)c1ccc(-c2cccc3c2-c2ccc(cc2)N2c4cc(ccc4B4c5ccc6cc5N(c5ccc(cc5)-c5c(-c7ccc(C(C)(C)C)cc7)cccc5-c5ccc(cc5)C(C(C)(C)C)(C(C)(C)C)c5ccc7c(c5)c5cc(C(C)(C)C)ccc5n7-6)c5cc(C(C)(C)C)cc2c54)-n2c4ccc(C(C)(C)C)cc4c4cc(ccc42)C(C(C)(C)C)(C(C)(C)C)c2ccc-3cc2)cc1. The number of rotatable bonds is 2. The van der Waals surface area contributed by atoms with Gasteiger partial charge in [0.1, 0.15) is 0 Å². The third kappa shape index (κ3) is 13.4. The Morgan fingerprint density at radius 3 is 0.774 bits per heavy atom. The largest absolute Gasteiger partial charge is 0.311 e. The van der Waals surface area contributed by atoms with Crippen molar-refractivity contribution < 1.29 is 0 Å². The molecule has 0 spiro atoms. The maximum atomic E-state index is 2.67. The molecule has 4 nitrogen and oxygen atoms in total. The van der Waals surface area contributed by atoms with E-state index in [2.05, 4.69) is 509 Å². The maximum absolute atomic E-state index is 2.67. The Morgan fingerprint density at radius 1 is 0.211 bits per heavy atom. The molecule has 0 unspecified atom stereocenters. The molecule has 0 aliphatic carbocycles. The first-order valence-corrected chi connectivity index (χ1v) is 48.8. The van der Waals surface area contributed by atoms with Crippen molar-refractivity contribution >= 4 is 101 Å². The van der Waals surface area contributed by atoms with Crippen molar-refractivity contribution in [2.45, 2.75) is 225 Å². The normalized spacial score (nSPS) is 14.8. The van der Waals surface area contributed by atoms with Gasteiger partial charge in [-0.25, -0.2) is 0 Å². The Bertz CT molecular complexity index is 7130. The van der Waals surface area contributed by atoms with Gasteiger partial charge in [-0.2, -0.15) is 0 Å². The van der Waals surface area contributed by atoms with E-state index in [4.69, 9.17) is 0 Å². The number of hydrogen-bond acceptors (Lipinski definition) is 2. The van der Waals surface area contributed by atoms with Crippen LogP contribution in [0.5, 0.6) is 0 Å². The molecule has 13 aliphatic rings. The molecule has 0 N–H and O–H groups in total. The fourth-order valence-corrected chi connectivity index (χ4v) is 25.6. The van der Waals surface area contributed by atoms with Gasteiger partial charge in [-0.1, -0.05) is 381 Å². The van der Waals surface area contributed by atoms with Crippen molar-refractivity contribution in [2.75, 3.05) is 9.80 Å². The van der Waals surface area contributed by atoms with E-state index < -0.39 is 10.8 Å². The van der Waals surface area contributed by atoms with Gasteiger partial charge in [0.2, 0.25) is 0 Å². The number of benzene rings is 15. The summed E-state index contributed by atoms with van der Waals surface area (Å²) in [6.45, 7) is 64.8. The monoisotopic (exact) mass is 1740 g/mol. The summed E-state index contributed by atoms with van der Waals surface area (Å²) in [4.78, 5) is 5.35. The smallest absolute Gasteiger partial charge is 0.252 e. The molecule has 0 amide bonds. The molecule has 17 aromatic rings. The molecule has 15 heterocycles. The highest BCUT2D eigenvalue weighted by Crippen LogP contribution is 2.62. The van der Waals surface area contributed by atoms with Crippen LogP contribution in [0.3, 0.4) is 0 Å². The molecule has 0 saturated carbocycles. The predicted octanol–water partition coefficient (Wildman–Crippen LogP) is 33.8. The van der Waals surface area contributed by atoms with Gasteiger partial charge in [0, 0.05) is 77.9 Å². The summed E-state index contributed by atoms with van der Waals surface area (Å²) in [7, 11) is 0. The van der Waals surface area contributed by atoms with E-state index in [1.54, 1.807) is 0 Å². The highest BCUT2D eigenvalue weighted by molar-refractivity contribution is 7.00. The van der Waals surface area contributed by atoms with Gasteiger partial charge in [0.15, 0.2) is 0 Å². The first kappa shape index (κ1) is 87.2. The lowest BCUT2D eigenvalue weighted by molar-refractivity contribution is 0.0905. The molecule has 5 heteroatoms. The van der Waals surface area contributed by atoms with Crippen LogP contribution in [0.2, 0.25) is 0 Å². The third-order valence-corrected chi connectivity index (χ3v) is 31.4. The molecule has 0 fully saturated rings. The molecule has 0 atom stereocenters. The third-order valence-electron chi connectivity index (χ3n) is 31.4. The molecule has 133 heavy (non-hydrogen) atoms. The summed E-state index contributed by atoms with van der Waals surface area (Å²) in [5, 5.41) is 5.02. The van der Waals surface area contributed by atoms with Crippen LogP contribution < -0.4 is 26.2 Å². The number of fused-ring (bicyclic) bond motifs is 5. The molecular formula is C128H131BN4. The van der Waals surface area contributed by atoms with Gasteiger partial charge in [-0.05, 0) is 291 Å². The topological polar surface area (TPSA) is 16.3 Å². The second-order valence-corrected chi connectivity index (χ2v) is 48.7. The van der Waals surface area contributed by atoms with E-state index in [1.165, 1.54) is 177 Å². The van der Waals surface area contributed by atoms with Crippen LogP contribution in [-0.2, 0) is 37.9 Å². The number of hydrogen-bond donors (Lipinski definition) is 0. The zero-order valence-corrected chi connectivity index (χ0v) is 83.7. The highest BCUT2D eigenvalue weighted by atomic mass is 15.2. The molecule has 0 saturated heterocycles. The van der Waals surface area contributed by atoms with Crippen LogP contribution in [0.15, 0.2) is 303 Å². The highest BCUT2D eigenvalue weighted by Gasteiger charge is 2.56. The van der Waals surface area contributed by atoms with Crippen molar-refractivity contribution in [3.05, 3.63) is 353 Å². The van der Waals surface area contributed by atoms with Crippen molar-refractivity contribution in [1.82, 2.24) is 9.13 Å². The minimum absolute atomic E-state index is 0.00739. The Kier molecular flexibility index (Phi) is 19.4. The molecule has 13 aliphatic heterocycles. The molecule has 0 radical (unpaired) electrons. The number of aromatic nitrogens is 2. The zero-order valence-electron chi connectivity index (χ0n) is 83.7. The lowest BCUT2D eigenvalue weighted by atomic mass is 9.33. The fraction of sp³-hybridized carbons (Fsp3) is 0.297. The molecule has 666 valence electrons. The van der Waals surface area contributed by atoms with Crippen LogP contribution in [-0.4, -0.2) is 15.8 Å². The van der Waals surface area contributed by atoms with Crippen molar-refractivity contribution in [3.63, 3.8) is 0 Å². The second-order valence-electron chi connectivity index (χ2n) is 48.7. The van der Waals surface area contributed by atoms with Crippen molar-refractivity contribution in [3.8, 4) is 78.1 Å². The summed E-state index contributed by atoms with van der Waals surface area (Å²) >= 11 is 0. The fourth-order valence-electron chi connectivity index (χ4n) is 25.6. The van der Waals surface area contributed by atoms with Gasteiger partial charge in [-0.3, -0.25) is 0 Å². The average molecular weight is 1740 g/mol. The van der Waals surface area contributed by atoms with Gasteiger partial charge in [0.25, 0.3) is 6.71 Å². The summed E-state index contributed by atoms with van der Waals surface area (Å²) in [5.41, 5.74) is 41.1. The van der Waals surface area contributed by atoms with Crippen LogP contribution in [0, 0.1) is 21.7 Å². The predicted molar refractivity (Wildman–Crippen MR) is 575 cm³/mol. The Labute approximate surface area is 792 Å². The van der Waals surface area contributed by atoms with Gasteiger partial charge < -0.3 is 18.9 Å². The summed E-state index contributed by atoms with van der Waals surface area (Å²) in [5.74, 6) is 0. The van der Waals surface area contributed by atoms with Gasteiger partial charge in [-0.15, -0.1) is 0 Å². The van der Waals surface area contributed by atoms with E-state index in [9.17, 15) is 0 Å². The van der Waals surface area contributed by atoms with Gasteiger partial charge in [0.05, 0.1) is 22.1 Å². The Morgan fingerprint density at radius 2 is 0.474 bits per heavy atom. The van der Waals surface area contributed by atoms with E-state index in [-0.39, 0.29) is 55.4 Å². The molecule has 20 bridgehead atoms. The first-order valence-electron chi connectivity index (χ1n) is 48.8. The molecule has 2 aromatic heterocycles.